The smallest absolute Gasteiger partial charge is 0.0916 e. The molecule has 0 aliphatic carbocycles. The molecule has 1 N–H and O–H groups in total. The summed E-state index contributed by atoms with van der Waals surface area (Å²) in [6.45, 7) is 4.09. The van der Waals surface area contributed by atoms with E-state index in [9.17, 15) is 5.11 Å². The summed E-state index contributed by atoms with van der Waals surface area (Å²) in [6, 6.07) is 7.86. The van der Waals surface area contributed by atoms with Crippen molar-refractivity contribution in [2.75, 3.05) is 46.9 Å². The lowest BCUT2D eigenvalue weighted by Gasteiger charge is -2.35. The van der Waals surface area contributed by atoms with E-state index in [2.05, 4.69) is 39.8 Å². The lowest BCUT2D eigenvalue weighted by atomic mass is 10.1. The predicted octanol–water partition coefficient (Wildman–Crippen LogP) is 1.74. The Balaban J connectivity index is 1.87. The Bertz CT molecular complexity index is 411. The molecule has 0 amide bonds. The molecule has 20 heavy (non-hydrogen) atoms. The Morgan fingerprint density at radius 3 is 2.75 bits per heavy atom. The number of aliphatic hydroxyl groups excluding tert-OH is 1. The average molecular weight is 343 g/mol. The van der Waals surface area contributed by atoms with E-state index in [0.29, 0.717) is 6.54 Å². The van der Waals surface area contributed by atoms with Crippen LogP contribution in [0.5, 0.6) is 0 Å². The molecular formula is C15H23BrN2O2. The molecule has 0 aromatic heterocycles. The summed E-state index contributed by atoms with van der Waals surface area (Å²) in [6.07, 6.45) is -0.211. The van der Waals surface area contributed by atoms with Crippen LogP contribution < -0.4 is 0 Å². The number of benzene rings is 1. The third-order valence-corrected chi connectivity index (χ3v) is 4.01. The molecule has 0 unspecified atom stereocenters. The number of hydrogen-bond donors (Lipinski definition) is 1. The second kappa shape index (κ2) is 7.52. The van der Waals surface area contributed by atoms with Gasteiger partial charge in [-0.25, -0.2) is 0 Å². The molecule has 4 nitrogen and oxygen atoms in total. The van der Waals surface area contributed by atoms with Crippen molar-refractivity contribution >= 4 is 15.9 Å². The first-order valence-corrected chi connectivity index (χ1v) is 7.76. The average Bonchev–Trinajstić information content (AvgIpc) is 2.39. The second-order valence-corrected chi connectivity index (χ2v) is 6.50. The summed E-state index contributed by atoms with van der Waals surface area (Å²) in [5.74, 6) is 0. The Kier molecular flexibility index (Phi) is 5.99. The van der Waals surface area contributed by atoms with Crippen molar-refractivity contribution in [3.63, 3.8) is 0 Å². The van der Waals surface area contributed by atoms with Crippen molar-refractivity contribution in [2.45, 2.75) is 12.2 Å². The number of aliphatic hydroxyl groups is 1. The van der Waals surface area contributed by atoms with Crippen molar-refractivity contribution in [1.82, 2.24) is 9.80 Å². The summed E-state index contributed by atoms with van der Waals surface area (Å²) in [5, 5.41) is 10.3. The number of rotatable bonds is 5. The highest BCUT2D eigenvalue weighted by Crippen LogP contribution is 2.19. The zero-order valence-electron chi connectivity index (χ0n) is 12.1. The van der Waals surface area contributed by atoms with Crippen LogP contribution in [0.1, 0.15) is 11.7 Å². The van der Waals surface area contributed by atoms with Gasteiger partial charge in [0.2, 0.25) is 0 Å². The second-order valence-electron chi connectivity index (χ2n) is 5.58. The molecule has 1 aliphatic heterocycles. The first-order valence-electron chi connectivity index (χ1n) is 6.97. The summed E-state index contributed by atoms with van der Waals surface area (Å²) >= 11 is 3.41. The van der Waals surface area contributed by atoms with Crippen LogP contribution in [0.2, 0.25) is 0 Å². The largest absolute Gasteiger partial charge is 0.387 e. The SMILES string of the molecule is CN(C)C[C@@H]1CN(C[C@H](O)c2ccc(Br)cc2)CCO1. The van der Waals surface area contributed by atoms with Gasteiger partial charge >= 0.3 is 0 Å². The van der Waals surface area contributed by atoms with E-state index in [1.807, 2.05) is 24.3 Å². The minimum atomic E-state index is -0.443. The predicted molar refractivity (Wildman–Crippen MR) is 83.8 cm³/mol. The molecule has 0 spiro atoms. The molecule has 1 fully saturated rings. The topological polar surface area (TPSA) is 35.9 Å². The van der Waals surface area contributed by atoms with Gasteiger partial charge in [0, 0.05) is 30.7 Å². The highest BCUT2D eigenvalue weighted by atomic mass is 79.9. The van der Waals surface area contributed by atoms with Gasteiger partial charge in [0.1, 0.15) is 0 Å². The van der Waals surface area contributed by atoms with Crippen LogP contribution in [0.15, 0.2) is 28.7 Å². The molecule has 5 heteroatoms. The fraction of sp³-hybridized carbons (Fsp3) is 0.600. The van der Waals surface area contributed by atoms with Crippen LogP contribution >= 0.6 is 15.9 Å². The van der Waals surface area contributed by atoms with Crippen LogP contribution in [0.3, 0.4) is 0 Å². The highest BCUT2D eigenvalue weighted by Gasteiger charge is 2.23. The first kappa shape index (κ1) is 15.9. The lowest BCUT2D eigenvalue weighted by molar-refractivity contribution is -0.0489. The Morgan fingerprint density at radius 2 is 2.10 bits per heavy atom. The van der Waals surface area contributed by atoms with Gasteiger partial charge < -0.3 is 14.7 Å². The third kappa shape index (κ3) is 4.82. The summed E-state index contributed by atoms with van der Waals surface area (Å²) in [5.41, 5.74) is 0.962. The number of likely N-dealkylation sites (N-methyl/N-ethyl adjacent to an activating group) is 1. The van der Waals surface area contributed by atoms with Gasteiger partial charge in [-0.3, -0.25) is 4.90 Å². The van der Waals surface area contributed by atoms with E-state index in [0.717, 1.165) is 36.3 Å². The fourth-order valence-electron chi connectivity index (χ4n) is 2.50. The van der Waals surface area contributed by atoms with Gasteiger partial charge in [0.25, 0.3) is 0 Å². The minimum Gasteiger partial charge on any atom is -0.387 e. The number of ether oxygens (including phenoxy) is 1. The van der Waals surface area contributed by atoms with Gasteiger partial charge in [-0.05, 0) is 31.8 Å². The number of halogens is 1. The Hall–Kier alpha value is -0.460. The lowest BCUT2D eigenvalue weighted by Crippen LogP contribution is -2.47. The van der Waals surface area contributed by atoms with Gasteiger partial charge in [-0.1, -0.05) is 28.1 Å². The zero-order valence-corrected chi connectivity index (χ0v) is 13.7. The maximum Gasteiger partial charge on any atom is 0.0916 e. The molecule has 0 radical (unpaired) electrons. The molecule has 1 aliphatic rings. The van der Waals surface area contributed by atoms with Crippen LogP contribution in [-0.4, -0.2) is 67.9 Å². The van der Waals surface area contributed by atoms with Gasteiger partial charge in [0.05, 0.1) is 18.8 Å². The van der Waals surface area contributed by atoms with Crippen molar-refractivity contribution in [2.24, 2.45) is 0 Å². The maximum atomic E-state index is 10.3. The number of hydrogen-bond acceptors (Lipinski definition) is 4. The number of morpholine rings is 1. The minimum absolute atomic E-state index is 0.232. The summed E-state index contributed by atoms with van der Waals surface area (Å²) < 4.78 is 6.78. The molecule has 0 bridgehead atoms. The molecule has 0 saturated carbocycles. The molecule has 1 heterocycles. The normalized spacial score (nSPS) is 22.1. The van der Waals surface area contributed by atoms with E-state index in [-0.39, 0.29) is 6.10 Å². The van der Waals surface area contributed by atoms with Crippen LogP contribution in [0.4, 0.5) is 0 Å². The van der Waals surface area contributed by atoms with E-state index >= 15 is 0 Å². The van der Waals surface area contributed by atoms with E-state index in [4.69, 9.17) is 4.74 Å². The zero-order chi connectivity index (χ0) is 14.5. The quantitative estimate of drug-likeness (QED) is 0.884. The molecule has 2 atom stereocenters. The van der Waals surface area contributed by atoms with Crippen LogP contribution in [-0.2, 0) is 4.74 Å². The van der Waals surface area contributed by atoms with Gasteiger partial charge in [-0.2, -0.15) is 0 Å². The van der Waals surface area contributed by atoms with Crippen molar-refractivity contribution in [1.29, 1.82) is 0 Å². The Labute approximate surface area is 129 Å². The molecule has 1 saturated heterocycles. The van der Waals surface area contributed by atoms with Crippen molar-refractivity contribution in [3.05, 3.63) is 34.3 Å². The highest BCUT2D eigenvalue weighted by molar-refractivity contribution is 9.10. The summed E-state index contributed by atoms with van der Waals surface area (Å²) in [7, 11) is 4.11. The van der Waals surface area contributed by atoms with Gasteiger partial charge in [0.15, 0.2) is 0 Å². The van der Waals surface area contributed by atoms with E-state index in [1.54, 1.807) is 0 Å². The van der Waals surface area contributed by atoms with E-state index in [1.165, 1.54) is 0 Å². The molecule has 1 aromatic rings. The molecule has 2 rings (SSSR count). The van der Waals surface area contributed by atoms with Crippen molar-refractivity contribution < 1.29 is 9.84 Å². The van der Waals surface area contributed by atoms with Crippen LogP contribution in [0, 0.1) is 0 Å². The Morgan fingerprint density at radius 1 is 1.40 bits per heavy atom. The monoisotopic (exact) mass is 342 g/mol. The van der Waals surface area contributed by atoms with E-state index < -0.39 is 6.10 Å². The fourth-order valence-corrected chi connectivity index (χ4v) is 2.76. The third-order valence-electron chi connectivity index (χ3n) is 3.48. The number of β-amino-alcohol motifs (C(OH)–C–C–N with tert-alkyl or cyclic N) is 1. The summed E-state index contributed by atoms with van der Waals surface area (Å²) in [4.78, 5) is 4.42. The molecular weight excluding hydrogens is 320 g/mol. The standard InChI is InChI=1S/C15H23BrN2O2/c1-17(2)9-14-10-18(7-8-20-14)11-15(19)12-3-5-13(16)6-4-12/h3-6,14-15,19H,7-11H2,1-2H3/t14-,15+/m1/s1. The number of nitrogens with zero attached hydrogens (tertiary/aromatic N) is 2. The first-order chi connectivity index (χ1) is 9.54. The van der Waals surface area contributed by atoms with Gasteiger partial charge in [-0.15, -0.1) is 0 Å². The van der Waals surface area contributed by atoms with Crippen LogP contribution in [0.25, 0.3) is 0 Å². The molecule has 1 aromatic carbocycles. The van der Waals surface area contributed by atoms with Crippen molar-refractivity contribution in [3.8, 4) is 0 Å². The molecule has 112 valence electrons. The maximum absolute atomic E-state index is 10.3.